The largest absolute Gasteiger partial charge is 0.347 e. The molecule has 11 atom stereocenters. The monoisotopic (exact) mass is 448 g/mol. The second-order valence-electron chi connectivity index (χ2n) is 12.4. The number of ether oxygens (including phenoxy) is 2. The van der Waals surface area contributed by atoms with Gasteiger partial charge in [0, 0.05) is 17.7 Å². The van der Waals surface area contributed by atoms with Gasteiger partial charge in [0.25, 0.3) is 0 Å². The summed E-state index contributed by atoms with van der Waals surface area (Å²) in [6.45, 7) is 9.60. The topological polar surface area (TPSA) is 18.5 Å². The van der Waals surface area contributed by atoms with E-state index < -0.39 is 0 Å². The molecule has 7 fully saturated rings. The molecule has 6 unspecified atom stereocenters. The molecule has 0 aromatic carbocycles. The molecule has 1 saturated heterocycles. The van der Waals surface area contributed by atoms with Crippen LogP contribution in [0, 0.1) is 63.6 Å². The first kappa shape index (κ1) is 18.0. The third-order valence-corrected chi connectivity index (χ3v) is 13.3. The lowest BCUT2D eigenvalue weighted by molar-refractivity contribution is -0.246. The van der Waals surface area contributed by atoms with E-state index in [0.29, 0.717) is 16.2 Å². The predicted octanol–water partition coefficient (Wildman–Crippen LogP) is 5.89. The Hall–Kier alpha value is 0.400. The van der Waals surface area contributed by atoms with Crippen LogP contribution in [0.25, 0.3) is 0 Å². The first-order valence-corrected chi connectivity index (χ1v) is 13.4. The number of rotatable bonds is 2. The van der Waals surface area contributed by atoms with Gasteiger partial charge >= 0.3 is 0 Å². The van der Waals surface area contributed by atoms with Crippen LogP contribution in [-0.4, -0.2) is 24.3 Å². The Morgan fingerprint density at radius 1 is 0.964 bits per heavy atom. The Labute approximate surface area is 179 Å². The molecular weight excluding hydrogens is 412 g/mol. The van der Waals surface area contributed by atoms with E-state index in [-0.39, 0.29) is 5.79 Å². The van der Waals surface area contributed by atoms with Gasteiger partial charge in [-0.1, -0.05) is 36.7 Å². The first-order chi connectivity index (χ1) is 13.4. The Bertz CT molecular complexity index is 717. The van der Waals surface area contributed by atoms with Crippen molar-refractivity contribution in [3.05, 3.63) is 0 Å². The van der Waals surface area contributed by atoms with Crippen molar-refractivity contribution in [2.24, 2.45) is 63.6 Å². The standard InChI is InChI=1S/C25H37BrO2/c1-14(13-26)16-4-5-17-15-12-19-20-21-24(27-10-11-28-24)9-8-23(3,25(19,20)21)18(15)6-7-22(16,17)2/h14-21H,4-13H2,1-3H3/t14-,15?,16?,17?,18?,19+,20?,21+,22-,23-,25?/m1/s1. The summed E-state index contributed by atoms with van der Waals surface area (Å²) < 4.78 is 12.6. The smallest absolute Gasteiger partial charge is 0.172 e. The van der Waals surface area contributed by atoms with Gasteiger partial charge in [0.05, 0.1) is 13.2 Å². The number of hydrogen-bond donors (Lipinski definition) is 0. The zero-order valence-corrected chi connectivity index (χ0v) is 19.5. The van der Waals surface area contributed by atoms with Crippen molar-refractivity contribution in [3.63, 3.8) is 0 Å². The molecule has 0 radical (unpaired) electrons. The normalized spacial score (nSPS) is 63.2. The molecule has 7 rings (SSSR count). The molecule has 0 aromatic heterocycles. The summed E-state index contributed by atoms with van der Waals surface area (Å²) >= 11 is 3.81. The summed E-state index contributed by atoms with van der Waals surface area (Å²) in [5, 5.41) is 1.18. The van der Waals surface area contributed by atoms with Crippen molar-refractivity contribution in [2.45, 2.75) is 71.5 Å². The van der Waals surface area contributed by atoms with E-state index in [4.69, 9.17) is 9.47 Å². The van der Waals surface area contributed by atoms with E-state index in [1.54, 1.807) is 6.42 Å². The minimum Gasteiger partial charge on any atom is -0.347 e. The van der Waals surface area contributed by atoms with Crippen LogP contribution in [0.5, 0.6) is 0 Å². The molecule has 0 amide bonds. The molecule has 2 nitrogen and oxygen atoms in total. The van der Waals surface area contributed by atoms with Crippen molar-refractivity contribution in [1.29, 1.82) is 0 Å². The number of fused-ring (bicyclic) bond motifs is 7. The fraction of sp³-hybridized carbons (Fsp3) is 1.00. The lowest BCUT2D eigenvalue weighted by atomic mass is 9.44. The fourth-order valence-electron chi connectivity index (χ4n) is 11.3. The van der Waals surface area contributed by atoms with Gasteiger partial charge in [-0.3, -0.25) is 0 Å². The van der Waals surface area contributed by atoms with Crippen molar-refractivity contribution < 1.29 is 9.47 Å². The number of hydrogen-bond acceptors (Lipinski definition) is 2. The van der Waals surface area contributed by atoms with E-state index in [1.165, 1.54) is 43.9 Å². The maximum absolute atomic E-state index is 6.29. The summed E-state index contributed by atoms with van der Waals surface area (Å²) in [7, 11) is 0. The summed E-state index contributed by atoms with van der Waals surface area (Å²) in [4.78, 5) is 0. The van der Waals surface area contributed by atoms with Gasteiger partial charge in [0.1, 0.15) is 0 Å². The average Bonchev–Trinajstić information content (AvgIpc) is 3.43. The lowest BCUT2D eigenvalue weighted by Crippen LogP contribution is -2.58. The quantitative estimate of drug-likeness (QED) is 0.490. The third-order valence-electron chi connectivity index (χ3n) is 12.3. The molecule has 156 valence electrons. The Morgan fingerprint density at radius 2 is 1.75 bits per heavy atom. The van der Waals surface area contributed by atoms with Crippen LogP contribution in [0.15, 0.2) is 0 Å². The molecule has 6 aliphatic carbocycles. The minimum atomic E-state index is -0.152. The fourth-order valence-corrected chi connectivity index (χ4v) is 11.8. The lowest BCUT2D eigenvalue weighted by Gasteiger charge is -2.62. The predicted molar refractivity (Wildman–Crippen MR) is 113 cm³/mol. The molecule has 7 aliphatic rings. The van der Waals surface area contributed by atoms with Crippen molar-refractivity contribution in [1.82, 2.24) is 0 Å². The van der Waals surface area contributed by atoms with Crippen LogP contribution in [0.3, 0.4) is 0 Å². The van der Waals surface area contributed by atoms with Crippen molar-refractivity contribution in [2.75, 3.05) is 18.5 Å². The van der Waals surface area contributed by atoms with Crippen LogP contribution in [0.2, 0.25) is 0 Å². The second kappa shape index (κ2) is 5.23. The van der Waals surface area contributed by atoms with E-state index in [1.807, 2.05) is 0 Å². The van der Waals surface area contributed by atoms with Crippen LogP contribution in [0.1, 0.15) is 65.7 Å². The van der Waals surface area contributed by atoms with Gasteiger partial charge in [0.2, 0.25) is 0 Å². The van der Waals surface area contributed by atoms with E-state index in [9.17, 15) is 0 Å². The molecule has 0 aromatic rings. The van der Waals surface area contributed by atoms with Gasteiger partial charge < -0.3 is 9.47 Å². The van der Waals surface area contributed by atoms with Gasteiger partial charge in [0.15, 0.2) is 5.79 Å². The molecule has 1 heterocycles. The summed E-state index contributed by atoms with van der Waals surface area (Å²) in [5.74, 6) is 7.34. The van der Waals surface area contributed by atoms with E-state index >= 15 is 0 Å². The van der Waals surface area contributed by atoms with Gasteiger partial charge in [-0.15, -0.1) is 0 Å². The van der Waals surface area contributed by atoms with Crippen LogP contribution < -0.4 is 0 Å². The van der Waals surface area contributed by atoms with Crippen molar-refractivity contribution >= 4 is 15.9 Å². The molecule has 1 aliphatic heterocycles. The SMILES string of the molecule is C[C@H](CBr)C1CCC2C3C[C@H]4C5[C@H]6C7(CC[C@](C)(C3CC[C@@]21C)C546)OCCO7. The zero-order chi connectivity index (χ0) is 19.1. The summed E-state index contributed by atoms with van der Waals surface area (Å²) in [5.41, 5.74) is 1.82. The second-order valence-corrected chi connectivity index (χ2v) is 13.1. The Balaban J connectivity index is 1.21. The maximum Gasteiger partial charge on any atom is 0.172 e. The zero-order valence-electron chi connectivity index (χ0n) is 17.9. The highest BCUT2D eigenvalue weighted by molar-refractivity contribution is 9.09. The Kier molecular flexibility index (Phi) is 3.37. The number of halogens is 1. The van der Waals surface area contributed by atoms with E-state index in [2.05, 4.69) is 36.7 Å². The first-order valence-electron chi connectivity index (χ1n) is 12.3. The third kappa shape index (κ3) is 1.69. The highest BCUT2D eigenvalue weighted by atomic mass is 79.9. The summed E-state index contributed by atoms with van der Waals surface area (Å²) in [6, 6.07) is 0. The summed E-state index contributed by atoms with van der Waals surface area (Å²) in [6.07, 6.45) is 10.1. The molecular formula is C25H37BrO2. The highest BCUT2D eigenvalue weighted by Crippen LogP contribution is 2.99. The molecule has 2 spiro atoms. The van der Waals surface area contributed by atoms with Crippen LogP contribution >= 0.6 is 15.9 Å². The molecule has 6 saturated carbocycles. The molecule has 0 bridgehead atoms. The molecule has 28 heavy (non-hydrogen) atoms. The van der Waals surface area contributed by atoms with Gasteiger partial charge in [-0.2, -0.15) is 0 Å². The maximum atomic E-state index is 6.29. The van der Waals surface area contributed by atoms with Gasteiger partial charge in [-0.25, -0.2) is 0 Å². The van der Waals surface area contributed by atoms with Crippen LogP contribution in [-0.2, 0) is 9.47 Å². The van der Waals surface area contributed by atoms with Gasteiger partial charge in [-0.05, 0) is 96.2 Å². The highest BCUT2D eigenvalue weighted by Gasteiger charge is 2.98. The molecule has 3 heteroatoms. The molecule has 0 N–H and O–H groups in total. The Morgan fingerprint density at radius 3 is 2.50 bits per heavy atom. The average molecular weight is 449 g/mol. The minimum absolute atomic E-state index is 0.152. The van der Waals surface area contributed by atoms with Crippen molar-refractivity contribution in [3.8, 4) is 0 Å². The van der Waals surface area contributed by atoms with Crippen LogP contribution in [0.4, 0.5) is 0 Å². The number of alkyl halides is 1. The van der Waals surface area contributed by atoms with E-state index in [0.717, 1.165) is 60.6 Å².